The first-order valence-corrected chi connectivity index (χ1v) is 3.91. The van der Waals surface area contributed by atoms with Crippen molar-refractivity contribution in [2.45, 2.75) is 19.6 Å². The Morgan fingerprint density at radius 2 is 2.21 bits per heavy atom. The van der Waals surface area contributed by atoms with E-state index >= 15 is 0 Å². The van der Waals surface area contributed by atoms with Crippen LogP contribution in [0.15, 0.2) is 6.07 Å². The van der Waals surface area contributed by atoms with Crippen LogP contribution < -0.4 is 0 Å². The van der Waals surface area contributed by atoms with Gasteiger partial charge in [-0.1, -0.05) is 0 Å². The van der Waals surface area contributed by atoms with Crippen LogP contribution in [-0.2, 0) is 17.5 Å². The van der Waals surface area contributed by atoms with Gasteiger partial charge < -0.3 is 4.74 Å². The van der Waals surface area contributed by atoms with E-state index in [1.54, 1.807) is 6.92 Å². The zero-order valence-corrected chi connectivity index (χ0v) is 7.80. The Kier molecular flexibility index (Phi) is 3.15. The summed E-state index contributed by atoms with van der Waals surface area (Å²) in [6, 6.07) is 1.00. The molecule has 1 rings (SSSR count). The highest BCUT2D eigenvalue weighted by molar-refractivity contribution is 5.11. The largest absolute Gasteiger partial charge is 0.435 e. The summed E-state index contributed by atoms with van der Waals surface area (Å²) < 4.78 is 42.4. The molecular weight excluding hydrogens is 197 g/mol. The Bertz CT molecular complexity index is 306. The zero-order chi connectivity index (χ0) is 10.8. The van der Waals surface area contributed by atoms with Crippen LogP contribution in [0, 0.1) is 13.5 Å². The molecule has 0 aliphatic rings. The minimum absolute atomic E-state index is 0.207. The quantitative estimate of drug-likeness (QED) is 0.758. The number of halogens is 3. The molecule has 0 aromatic carbocycles. The van der Waals surface area contributed by atoms with Crippen LogP contribution in [0.4, 0.5) is 13.2 Å². The first-order valence-electron chi connectivity index (χ1n) is 3.91. The molecule has 0 unspecified atom stereocenters. The van der Waals surface area contributed by atoms with Crippen LogP contribution in [-0.4, -0.2) is 16.9 Å². The third kappa shape index (κ3) is 2.47. The molecule has 0 N–H and O–H groups in total. The molecule has 3 nitrogen and oxygen atoms in total. The highest BCUT2D eigenvalue weighted by atomic mass is 19.4. The van der Waals surface area contributed by atoms with Crippen molar-refractivity contribution in [1.82, 2.24) is 9.78 Å². The molecule has 1 radical (unpaired) electrons. The number of methoxy groups -OCH3 is 1. The predicted molar refractivity (Wildman–Crippen MR) is 43.3 cm³/mol. The van der Waals surface area contributed by atoms with Gasteiger partial charge in [-0.15, -0.1) is 0 Å². The molecule has 0 amide bonds. The average molecular weight is 207 g/mol. The molecule has 0 fully saturated rings. The van der Waals surface area contributed by atoms with Crippen molar-refractivity contribution in [2.24, 2.45) is 0 Å². The fraction of sp³-hybridized carbons (Fsp3) is 0.500. The summed E-state index contributed by atoms with van der Waals surface area (Å²) in [5.41, 5.74) is -0.426. The van der Waals surface area contributed by atoms with Gasteiger partial charge in [-0.25, -0.2) is 0 Å². The Morgan fingerprint density at radius 3 is 2.64 bits per heavy atom. The van der Waals surface area contributed by atoms with Gasteiger partial charge in [0.2, 0.25) is 0 Å². The van der Waals surface area contributed by atoms with Crippen LogP contribution >= 0.6 is 0 Å². The maximum atomic E-state index is 12.2. The highest BCUT2D eigenvalue weighted by Gasteiger charge is 2.34. The fourth-order valence-electron chi connectivity index (χ4n) is 0.979. The molecule has 1 aromatic rings. The van der Waals surface area contributed by atoms with E-state index in [9.17, 15) is 13.2 Å². The molecule has 0 aliphatic heterocycles. The number of hydrogen-bond donors (Lipinski definition) is 0. The molecule has 1 aromatic heterocycles. The molecule has 0 saturated carbocycles. The van der Waals surface area contributed by atoms with Crippen molar-refractivity contribution in [1.29, 1.82) is 0 Å². The SMILES string of the molecule is CO[CH]Cn1nc(C(F)(F)F)cc1C. The number of aromatic nitrogens is 2. The first-order chi connectivity index (χ1) is 6.45. The lowest BCUT2D eigenvalue weighted by molar-refractivity contribution is -0.141. The van der Waals surface area contributed by atoms with Gasteiger partial charge in [0.05, 0.1) is 6.54 Å². The number of alkyl halides is 3. The molecule has 14 heavy (non-hydrogen) atoms. The lowest BCUT2D eigenvalue weighted by atomic mass is 10.4. The summed E-state index contributed by atoms with van der Waals surface area (Å²) in [5, 5.41) is 3.40. The minimum Gasteiger partial charge on any atom is -0.377 e. The van der Waals surface area contributed by atoms with E-state index in [2.05, 4.69) is 9.84 Å². The standard InChI is InChI=1S/C8H10F3N2O/c1-6-5-7(8(9,10)11)12-13(6)3-4-14-2/h4-5H,3H2,1-2H3. The highest BCUT2D eigenvalue weighted by Crippen LogP contribution is 2.28. The predicted octanol–water partition coefficient (Wildman–Crippen LogP) is 2.02. The van der Waals surface area contributed by atoms with Crippen LogP contribution in [0.25, 0.3) is 0 Å². The van der Waals surface area contributed by atoms with Gasteiger partial charge in [-0.2, -0.15) is 18.3 Å². The van der Waals surface area contributed by atoms with Crippen molar-refractivity contribution in [3.05, 3.63) is 24.1 Å². The van der Waals surface area contributed by atoms with Crippen molar-refractivity contribution in [2.75, 3.05) is 7.11 Å². The number of hydrogen-bond acceptors (Lipinski definition) is 2. The van der Waals surface area contributed by atoms with E-state index in [-0.39, 0.29) is 6.54 Å². The van der Waals surface area contributed by atoms with E-state index in [0.29, 0.717) is 5.69 Å². The van der Waals surface area contributed by atoms with E-state index in [4.69, 9.17) is 0 Å². The number of aryl methyl sites for hydroxylation is 1. The van der Waals surface area contributed by atoms with Crippen molar-refractivity contribution >= 4 is 0 Å². The summed E-state index contributed by atoms with van der Waals surface area (Å²) in [7, 11) is 1.43. The van der Waals surface area contributed by atoms with Crippen LogP contribution in [0.3, 0.4) is 0 Å². The summed E-state index contributed by atoms with van der Waals surface area (Å²) in [5.74, 6) is 0. The van der Waals surface area contributed by atoms with Gasteiger partial charge in [0.1, 0.15) is 6.61 Å². The monoisotopic (exact) mass is 207 g/mol. The van der Waals surface area contributed by atoms with Gasteiger partial charge in [0, 0.05) is 12.8 Å². The van der Waals surface area contributed by atoms with Crippen LogP contribution in [0.1, 0.15) is 11.4 Å². The van der Waals surface area contributed by atoms with E-state index in [1.165, 1.54) is 18.4 Å². The fourth-order valence-corrected chi connectivity index (χ4v) is 0.979. The number of ether oxygens (including phenoxy) is 1. The number of rotatable bonds is 3. The summed E-state index contributed by atoms with van der Waals surface area (Å²) in [4.78, 5) is 0. The second-order valence-corrected chi connectivity index (χ2v) is 2.75. The molecule has 0 bridgehead atoms. The molecule has 0 saturated heterocycles. The lowest BCUT2D eigenvalue weighted by Crippen LogP contribution is -2.09. The maximum Gasteiger partial charge on any atom is 0.435 e. The van der Waals surface area contributed by atoms with Gasteiger partial charge in [0.15, 0.2) is 5.69 Å². The maximum absolute atomic E-state index is 12.2. The second kappa shape index (κ2) is 4.00. The lowest BCUT2D eigenvalue weighted by Gasteiger charge is -2.02. The Balaban J connectivity index is 2.82. The van der Waals surface area contributed by atoms with E-state index in [0.717, 1.165) is 6.07 Å². The van der Waals surface area contributed by atoms with Gasteiger partial charge in [0.25, 0.3) is 0 Å². The van der Waals surface area contributed by atoms with Crippen molar-refractivity contribution < 1.29 is 17.9 Å². The molecule has 6 heteroatoms. The van der Waals surface area contributed by atoms with Crippen molar-refractivity contribution in [3.63, 3.8) is 0 Å². The average Bonchev–Trinajstić information content (AvgIpc) is 2.43. The van der Waals surface area contributed by atoms with E-state index in [1.807, 2.05) is 0 Å². The van der Waals surface area contributed by atoms with Crippen LogP contribution in [0.5, 0.6) is 0 Å². The summed E-state index contributed by atoms with van der Waals surface area (Å²) in [6.07, 6.45) is -4.39. The summed E-state index contributed by atoms with van der Waals surface area (Å²) in [6.45, 7) is 3.14. The Labute approximate surface area is 79.5 Å². The Hall–Kier alpha value is -1.04. The van der Waals surface area contributed by atoms with Crippen molar-refractivity contribution in [3.8, 4) is 0 Å². The molecule has 79 valence electrons. The third-order valence-corrected chi connectivity index (χ3v) is 1.69. The second-order valence-electron chi connectivity index (χ2n) is 2.75. The first kappa shape index (κ1) is 11.0. The summed E-state index contributed by atoms with van der Waals surface area (Å²) >= 11 is 0. The molecule has 0 atom stereocenters. The van der Waals surface area contributed by atoms with Crippen LogP contribution in [0.2, 0.25) is 0 Å². The molecule has 0 aliphatic carbocycles. The third-order valence-electron chi connectivity index (χ3n) is 1.69. The van der Waals surface area contributed by atoms with E-state index < -0.39 is 11.9 Å². The normalized spacial score (nSPS) is 12.1. The topological polar surface area (TPSA) is 27.1 Å². The van der Waals surface area contributed by atoms with Gasteiger partial charge in [-0.3, -0.25) is 4.68 Å². The van der Waals surface area contributed by atoms with Gasteiger partial charge in [-0.05, 0) is 13.0 Å². The smallest absolute Gasteiger partial charge is 0.377 e. The zero-order valence-electron chi connectivity index (χ0n) is 7.80. The molecular formula is C8H10F3N2O. The van der Waals surface area contributed by atoms with Gasteiger partial charge >= 0.3 is 6.18 Å². The minimum atomic E-state index is -4.39. The number of nitrogens with zero attached hydrogens (tertiary/aromatic N) is 2. The Morgan fingerprint density at radius 1 is 1.57 bits per heavy atom. The molecule has 1 heterocycles. The molecule has 0 spiro atoms.